The van der Waals surface area contributed by atoms with Crippen molar-refractivity contribution >= 4 is 17.5 Å². The van der Waals surface area contributed by atoms with Gasteiger partial charge in [0.1, 0.15) is 5.56 Å². The van der Waals surface area contributed by atoms with Gasteiger partial charge in [0.15, 0.2) is 0 Å². The topological polar surface area (TPSA) is 56.4 Å². The van der Waals surface area contributed by atoms with Gasteiger partial charge in [0.2, 0.25) is 0 Å². The monoisotopic (exact) mass is 387 g/mol. The summed E-state index contributed by atoms with van der Waals surface area (Å²) in [5.74, 6) is 0.216. The van der Waals surface area contributed by atoms with Gasteiger partial charge in [-0.25, -0.2) is 0 Å². The van der Waals surface area contributed by atoms with Gasteiger partial charge in [0.05, 0.1) is 5.02 Å². The summed E-state index contributed by atoms with van der Waals surface area (Å²) in [4.78, 5) is 32.0. The van der Waals surface area contributed by atoms with Crippen molar-refractivity contribution in [3.05, 3.63) is 69.1 Å². The van der Waals surface area contributed by atoms with E-state index in [-0.39, 0.29) is 11.5 Å². The standard InChI is InChI=1S/C21H26ClN3O2/c1-24-10-7-17(8-11-24)15-25(12-9-16-5-3-2-4-6-16)21(27)19-13-18(22)14-23-20(19)26/h2-6,13-14,17H,7-12,15H2,1H3,(H,23,26). The van der Waals surface area contributed by atoms with Crippen LogP contribution in [0.25, 0.3) is 0 Å². The van der Waals surface area contributed by atoms with E-state index >= 15 is 0 Å². The predicted molar refractivity (Wildman–Crippen MR) is 108 cm³/mol. The summed E-state index contributed by atoms with van der Waals surface area (Å²) >= 11 is 6.00. The zero-order valence-corrected chi connectivity index (χ0v) is 16.4. The van der Waals surface area contributed by atoms with Crippen LogP contribution < -0.4 is 5.56 Å². The Morgan fingerprint density at radius 1 is 1.26 bits per heavy atom. The summed E-state index contributed by atoms with van der Waals surface area (Å²) in [6.45, 7) is 3.35. The first-order valence-corrected chi connectivity index (χ1v) is 9.80. The molecule has 0 atom stereocenters. The number of benzene rings is 1. The van der Waals surface area contributed by atoms with Gasteiger partial charge in [0.25, 0.3) is 11.5 Å². The van der Waals surface area contributed by atoms with Crippen molar-refractivity contribution in [3.8, 4) is 0 Å². The molecule has 0 saturated carbocycles. The van der Waals surface area contributed by atoms with E-state index in [2.05, 4.69) is 29.1 Å². The van der Waals surface area contributed by atoms with Crippen LogP contribution in [0.3, 0.4) is 0 Å². The number of carbonyl (C=O) groups is 1. The average molecular weight is 388 g/mol. The number of amides is 1. The van der Waals surface area contributed by atoms with Gasteiger partial charge >= 0.3 is 0 Å². The number of halogens is 1. The van der Waals surface area contributed by atoms with Crippen LogP contribution in [0.15, 0.2) is 47.4 Å². The first-order chi connectivity index (χ1) is 13.0. The summed E-state index contributed by atoms with van der Waals surface area (Å²) < 4.78 is 0. The Kier molecular flexibility index (Phi) is 6.69. The second-order valence-corrected chi connectivity index (χ2v) is 7.73. The highest BCUT2D eigenvalue weighted by Crippen LogP contribution is 2.19. The lowest BCUT2D eigenvalue weighted by Crippen LogP contribution is -2.42. The van der Waals surface area contributed by atoms with E-state index in [1.165, 1.54) is 17.8 Å². The summed E-state index contributed by atoms with van der Waals surface area (Å²) in [5, 5.41) is 0.361. The molecule has 0 aliphatic carbocycles. The highest BCUT2D eigenvalue weighted by Gasteiger charge is 2.24. The second kappa shape index (κ2) is 9.20. The summed E-state index contributed by atoms with van der Waals surface area (Å²) in [5.41, 5.74) is 0.902. The van der Waals surface area contributed by atoms with E-state index in [0.717, 1.165) is 32.4 Å². The van der Waals surface area contributed by atoms with Crippen molar-refractivity contribution in [2.75, 3.05) is 33.2 Å². The molecule has 27 heavy (non-hydrogen) atoms. The Balaban J connectivity index is 1.76. The van der Waals surface area contributed by atoms with Crippen molar-refractivity contribution in [1.82, 2.24) is 14.8 Å². The van der Waals surface area contributed by atoms with Crippen molar-refractivity contribution in [2.45, 2.75) is 19.3 Å². The number of nitrogens with zero attached hydrogens (tertiary/aromatic N) is 2. The molecule has 1 fully saturated rings. The summed E-state index contributed by atoms with van der Waals surface area (Å²) in [6, 6.07) is 11.6. The van der Waals surface area contributed by atoms with Crippen LogP contribution in [0, 0.1) is 5.92 Å². The van der Waals surface area contributed by atoms with Crippen LogP contribution in [-0.2, 0) is 6.42 Å². The van der Waals surface area contributed by atoms with Crippen molar-refractivity contribution < 1.29 is 4.79 Å². The van der Waals surface area contributed by atoms with Gasteiger partial charge in [-0.1, -0.05) is 41.9 Å². The normalized spacial score (nSPS) is 15.6. The lowest BCUT2D eigenvalue weighted by Gasteiger charge is -2.33. The number of hydrogen-bond acceptors (Lipinski definition) is 3. The van der Waals surface area contributed by atoms with E-state index < -0.39 is 5.56 Å². The van der Waals surface area contributed by atoms with E-state index in [0.29, 0.717) is 24.0 Å². The highest BCUT2D eigenvalue weighted by atomic mass is 35.5. The molecule has 6 heteroatoms. The maximum atomic E-state index is 13.1. The molecule has 1 N–H and O–H groups in total. The van der Waals surface area contributed by atoms with E-state index in [1.54, 1.807) is 0 Å². The largest absolute Gasteiger partial charge is 0.338 e. The van der Waals surface area contributed by atoms with Gasteiger partial charge in [-0.2, -0.15) is 0 Å². The molecular formula is C21H26ClN3O2. The number of nitrogens with one attached hydrogen (secondary N) is 1. The van der Waals surface area contributed by atoms with Crippen LogP contribution in [0.4, 0.5) is 0 Å². The third kappa shape index (κ3) is 5.44. The number of carbonyl (C=O) groups excluding carboxylic acids is 1. The van der Waals surface area contributed by atoms with E-state index in [9.17, 15) is 9.59 Å². The number of hydrogen-bond donors (Lipinski definition) is 1. The molecule has 0 unspecified atom stereocenters. The molecular weight excluding hydrogens is 362 g/mol. The van der Waals surface area contributed by atoms with E-state index in [1.807, 2.05) is 23.1 Å². The first kappa shape index (κ1) is 19.6. The predicted octanol–water partition coefficient (Wildman–Crippen LogP) is 3.06. The molecule has 2 aromatic rings. The second-order valence-electron chi connectivity index (χ2n) is 7.29. The number of pyridine rings is 1. The van der Waals surface area contributed by atoms with Gasteiger partial charge in [0, 0.05) is 19.3 Å². The third-order valence-corrected chi connectivity index (χ3v) is 5.43. The smallest absolute Gasteiger partial charge is 0.260 e. The highest BCUT2D eigenvalue weighted by molar-refractivity contribution is 6.30. The van der Waals surface area contributed by atoms with Crippen LogP contribution in [0.1, 0.15) is 28.8 Å². The Hall–Kier alpha value is -2.11. The molecule has 5 nitrogen and oxygen atoms in total. The number of piperidine rings is 1. The summed E-state index contributed by atoms with van der Waals surface area (Å²) in [6.07, 6.45) is 4.30. The Bertz CT molecular complexity index is 814. The fraction of sp³-hybridized carbons (Fsp3) is 0.429. The Labute approximate surface area is 164 Å². The Morgan fingerprint density at radius 2 is 1.96 bits per heavy atom. The maximum absolute atomic E-state index is 13.1. The maximum Gasteiger partial charge on any atom is 0.260 e. The number of likely N-dealkylation sites (tertiary alicyclic amines) is 1. The fourth-order valence-electron chi connectivity index (χ4n) is 3.53. The molecule has 0 bridgehead atoms. The molecule has 0 spiro atoms. The molecule has 144 valence electrons. The molecule has 1 aromatic carbocycles. The quantitative estimate of drug-likeness (QED) is 0.828. The van der Waals surface area contributed by atoms with Gasteiger partial charge in [-0.05, 0) is 56.9 Å². The molecule has 1 aliphatic rings. The zero-order chi connectivity index (χ0) is 19.2. The third-order valence-electron chi connectivity index (χ3n) is 5.22. The average Bonchev–Trinajstić information content (AvgIpc) is 2.69. The van der Waals surface area contributed by atoms with Crippen molar-refractivity contribution in [1.29, 1.82) is 0 Å². The molecule has 3 rings (SSSR count). The number of H-pyrrole nitrogens is 1. The minimum absolute atomic E-state index is 0.114. The minimum atomic E-state index is -0.391. The number of aromatic nitrogens is 1. The van der Waals surface area contributed by atoms with E-state index in [4.69, 9.17) is 11.6 Å². The molecule has 1 aliphatic heterocycles. The van der Waals surface area contributed by atoms with Crippen LogP contribution >= 0.6 is 11.6 Å². The first-order valence-electron chi connectivity index (χ1n) is 9.43. The SMILES string of the molecule is CN1CCC(CN(CCc2ccccc2)C(=O)c2cc(Cl)c[nH]c2=O)CC1. The zero-order valence-electron chi connectivity index (χ0n) is 15.7. The lowest BCUT2D eigenvalue weighted by atomic mass is 9.96. The van der Waals surface area contributed by atoms with Crippen LogP contribution in [-0.4, -0.2) is 53.9 Å². The molecule has 1 aromatic heterocycles. The number of aromatic amines is 1. The molecule has 1 saturated heterocycles. The summed E-state index contributed by atoms with van der Waals surface area (Å²) in [7, 11) is 2.13. The lowest BCUT2D eigenvalue weighted by molar-refractivity contribution is 0.0698. The Morgan fingerprint density at radius 3 is 2.67 bits per heavy atom. The fourth-order valence-corrected chi connectivity index (χ4v) is 3.69. The molecule has 1 amide bonds. The van der Waals surface area contributed by atoms with Crippen molar-refractivity contribution in [3.63, 3.8) is 0 Å². The molecule has 0 radical (unpaired) electrons. The minimum Gasteiger partial charge on any atom is -0.338 e. The van der Waals surface area contributed by atoms with Crippen molar-refractivity contribution in [2.24, 2.45) is 5.92 Å². The van der Waals surface area contributed by atoms with Crippen LogP contribution in [0.2, 0.25) is 5.02 Å². The molecule has 2 heterocycles. The van der Waals surface area contributed by atoms with Gasteiger partial charge in [-0.3, -0.25) is 9.59 Å². The number of rotatable bonds is 6. The van der Waals surface area contributed by atoms with Crippen LogP contribution in [0.5, 0.6) is 0 Å². The van der Waals surface area contributed by atoms with Gasteiger partial charge < -0.3 is 14.8 Å². The van der Waals surface area contributed by atoms with Gasteiger partial charge in [-0.15, -0.1) is 0 Å².